The van der Waals surface area contributed by atoms with Crippen molar-refractivity contribution in [1.82, 2.24) is 10.2 Å². The molecule has 1 saturated heterocycles. The maximum Gasteiger partial charge on any atom is 0.223 e. The fourth-order valence-corrected chi connectivity index (χ4v) is 4.03. The number of aliphatic hydroxyl groups is 1. The molecule has 1 saturated carbocycles. The van der Waals surface area contributed by atoms with Crippen LogP contribution in [0.25, 0.3) is 0 Å². The molecule has 23 heavy (non-hydrogen) atoms. The molecule has 1 heterocycles. The Morgan fingerprint density at radius 1 is 1.30 bits per heavy atom. The molecular formula is C19H28N2O2. The van der Waals surface area contributed by atoms with E-state index in [4.69, 9.17) is 0 Å². The Morgan fingerprint density at radius 3 is 2.70 bits per heavy atom. The molecule has 1 aliphatic carbocycles. The van der Waals surface area contributed by atoms with Crippen molar-refractivity contribution >= 4 is 5.91 Å². The van der Waals surface area contributed by atoms with Crippen molar-refractivity contribution in [2.24, 2.45) is 0 Å². The van der Waals surface area contributed by atoms with Gasteiger partial charge in [-0.05, 0) is 31.7 Å². The van der Waals surface area contributed by atoms with Gasteiger partial charge in [0.1, 0.15) is 0 Å². The third-order valence-corrected chi connectivity index (χ3v) is 5.32. The summed E-state index contributed by atoms with van der Waals surface area (Å²) in [6.07, 6.45) is 4.85. The van der Waals surface area contributed by atoms with E-state index >= 15 is 0 Å². The largest absolute Gasteiger partial charge is 0.389 e. The summed E-state index contributed by atoms with van der Waals surface area (Å²) >= 11 is 0. The minimum atomic E-state index is -0.752. The predicted octanol–water partition coefficient (Wildman–Crippen LogP) is 2.46. The van der Waals surface area contributed by atoms with Gasteiger partial charge in [-0.3, -0.25) is 9.69 Å². The van der Waals surface area contributed by atoms with Crippen molar-refractivity contribution in [2.45, 2.75) is 69.7 Å². The van der Waals surface area contributed by atoms with Gasteiger partial charge in [-0.2, -0.15) is 0 Å². The number of hydrogen-bond acceptors (Lipinski definition) is 3. The molecule has 1 aromatic rings. The molecule has 2 aliphatic rings. The van der Waals surface area contributed by atoms with Crippen LogP contribution >= 0.6 is 0 Å². The van der Waals surface area contributed by atoms with Crippen LogP contribution in [0.4, 0.5) is 0 Å². The number of carbonyl (C=O) groups is 1. The zero-order valence-electron chi connectivity index (χ0n) is 14.0. The van der Waals surface area contributed by atoms with Crippen molar-refractivity contribution in [3.05, 3.63) is 35.9 Å². The van der Waals surface area contributed by atoms with Gasteiger partial charge in [0.05, 0.1) is 12.0 Å². The second-order valence-corrected chi connectivity index (χ2v) is 7.37. The van der Waals surface area contributed by atoms with Crippen LogP contribution in [0.5, 0.6) is 0 Å². The van der Waals surface area contributed by atoms with Crippen molar-refractivity contribution < 1.29 is 9.90 Å². The Hall–Kier alpha value is -1.39. The average molecular weight is 316 g/mol. The summed E-state index contributed by atoms with van der Waals surface area (Å²) in [5.74, 6) is 0.00756. The van der Waals surface area contributed by atoms with Gasteiger partial charge in [0.15, 0.2) is 0 Å². The van der Waals surface area contributed by atoms with Crippen LogP contribution in [-0.4, -0.2) is 40.1 Å². The fraction of sp³-hybridized carbons (Fsp3) is 0.632. The number of benzene rings is 1. The second-order valence-electron chi connectivity index (χ2n) is 7.37. The third kappa shape index (κ3) is 4.33. The molecule has 0 radical (unpaired) electrons. The smallest absolute Gasteiger partial charge is 0.223 e. The van der Waals surface area contributed by atoms with Crippen LogP contribution in [-0.2, 0) is 11.3 Å². The van der Waals surface area contributed by atoms with Crippen LogP contribution in [0.1, 0.15) is 51.0 Å². The van der Waals surface area contributed by atoms with Gasteiger partial charge >= 0.3 is 0 Å². The van der Waals surface area contributed by atoms with Crippen molar-refractivity contribution in [3.63, 3.8) is 0 Å². The minimum Gasteiger partial charge on any atom is -0.389 e. The molecule has 4 heteroatoms. The highest BCUT2D eigenvalue weighted by atomic mass is 16.3. The Morgan fingerprint density at radius 2 is 2.00 bits per heavy atom. The summed E-state index contributed by atoms with van der Waals surface area (Å²) in [4.78, 5) is 14.7. The van der Waals surface area contributed by atoms with Gasteiger partial charge in [0, 0.05) is 25.2 Å². The lowest BCUT2D eigenvalue weighted by Gasteiger charge is -2.23. The van der Waals surface area contributed by atoms with Gasteiger partial charge in [-0.15, -0.1) is 0 Å². The zero-order valence-corrected chi connectivity index (χ0v) is 14.0. The van der Waals surface area contributed by atoms with Gasteiger partial charge in [-0.25, -0.2) is 0 Å². The molecule has 1 aliphatic heterocycles. The van der Waals surface area contributed by atoms with Gasteiger partial charge in [-0.1, -0.05) is 43.2 Å². The normalized spacial score (nSPS) is 27.2. The molecular weight excluding hydrogens is 288 g/mol. The van der Waals surface area contributed by atoms with E-state index < -0.39 is 5.60 Å². The Bertz CT molecular complexity index is 525. The van der Waals surface area contributed by atoms with Crippen molar-refractivity contribution in [3.8, 4) is 0 Å². The van der Waals surface area contributed by atoms with Crippen LogP contribution in [0.3, 0.4) is 0 Å². The molecule has 0 spiro atoms. The topological polar surface area (TPSA) is 52.6 Å². The molecule has 126 valence electrons. The molecule has 0 aromatic heterocycles. The Labute approximate surface area is 138 Å². The molecule has 2 fully saturated rings. The van der Waals surface area contributed by atoms with E-state index in [0.717, 1.165) is 45.2 Å². The first-order chi connectivity index (χ1) is 11.0. The lowest BCUT2D eigenvalue weighted by atomic mass is 9.97. The third-order valence-electron chi connectivity index (χ3n) is 5.32. The number of amides is 1. The summed E-state index contributed by atoms with van der Waals surface area (Å²) < 4.78 is 0. The molecule has 1 aromatic carbocycles. The highest BCUT2D eigenvalue weighted by Crippen LogP contribution is 2.32. The van der Waals surface area contributed by atoms with E-state index in [0.29, 0.717) is 6.04 Å². The lowest BCUT2D eigenvalue weighted by Crippen LogP contribution is -2.41. The van der Waals surface area contributed by atoms with E-state index in [1.807, 2.05) is 6.07 Å². The van der Waals surface area contributed by atoms with Crippen LogP contribution < -0.4 is 5.32 Å². The maximum atomic E-state index is 12.2. The quantitative estimate of drug-likeness (QED) is 0.877. The van der Waals surface area contributed by atoms with Gasteiger partial charge in [0.25, 0.3) is 0 Å². The van der Waals surface area contributed by atoms with Crippen molar-refractivity contribution in [2.75, 3.05) is 6.54 Å². The second kappa shape index (κ2) is 7.02. The minimum absolute atomic E-state index is 0.00756. The lowest BCUT2D eigenvalue weighted by molar-refractivity contribution is -0.126. The first-order valence-corrected chi connectivity index (χ1v) is 8.84. The highest BCUT2D eigenvalue weighted by Gasteiger charge is 2.35. The number of hydrogen-bond donors (Lipinski definition) is 2. The SMILES string of the molecule is CC1CC(NC(=O)CC2(O)CCCC2)CN1Cc1ccccc1. The van der Waals surface area contributed by atoms with Crippen molar-refractivity contribution in [1.29, 1.82) is 0 Å². The van der Waals surface area contributed by atoms with Crippen LogP contribution in [0.2, 0.25) is 0 Å². The molecule has 2 N–H and O–H groups in total. The van der Waals surface area contributed by atoms with Crippen LogP contribution in [0, 0.1) is 0 Å². The van der Waals surface area contributed by atoms with E-state index in [1.54, 1.807) is 0 Å². The standard InChI is InChI=1S/C19H28N2O2/c1-15-11-17(14-21(15)13-16-7-3-2-4-8-16)20-18(22)12-19(23)9-5-6-10-19/h2-4,7-8,15,17,23H,5-6,9-14H2,1H3,(H,20,22). The van der Waals surface area contributed by atoms with E-state index in [9.17, 15) is 9.90 Å². The predicted molar refractivity (Wildman–Crippen MR) is 90.9 cm³/mol. The fourth-order valence-electron chi connectivity index (χ4n) is 4.03. The van der Waals surface area contributed by atoms with Crippen LogP contribution in [0.15, 0.2) is 30.3 Å². The summed E-state index contributed by atoms with van der Waals surface area (Å²) in [6, 6.07) is 11.1. The zero-order chi connectivity index (χ0) is 16.3. The number of carbonyl (C=O) groups excluding carboxylic acids is 1. The molecule has 3 rings (SSSR count). The number of nitrogens with one attached hydrogen (secondary N) is 1. The first-order valence-electron chi connectivity index (χ1n) is 8.84. The molecule has 1 amide bonds. The Balaban J connectivity index is 1.49. The molecule has 0 bridgehead atoms. The first kappa shape index (κ1) is 16.5. The molecule has 4 nitrogen and oxygen atoms in total. The molecule has 2 atom stereocenters. The number of likely N-dealkylation sites (tertiary alicyclic amines) is 1. The maximum absolute atomic E-state index is 12.2. The average Bonchev–Trinajstić information content (AvgIpc) is 3.06. The van der Waals surface area contributed by atoms with Gasteiger partial charge < -0.3 is 10.4 Å². The molecule has 2 unspecified atom stereocenters. The monoisotopic (exact) mass is 316 g/mol. The summed E-state index contributed by atoms with van der Waals surface area (Å²) in [5.41, 5.74) is 0.560. The number of rotatable bonds is 5. The van der Waals surface area contributed by atoms with Gasteiger partial charge in [0.2, 0.25) is 5.91 Å². The van der Waals surface area contributed by atoms with E-state index in [1.165, 1.54) is 5.56 Å². The number of nitrogens with zero attached hydrogens (tertiary/aromatic N) is 1. The summed E-state index contributed by atoms with van der Waals surface area (Å²) in [6.45, 7) is 4.04. The highest BCUT2D eigenvalue weighted by molar-refractivity contribution is 5.77. The Kier molecular flexibility index (Phi) is 5.02. The van der Waals surface area contributed by atoms with E-state index in [2.05, 4.69) is 41.4 Å². The summed E-state index contributed by atoms with van der Waals surface area (Å²) in [7, 11) is 0. The summed E-state index contributed by atoms with van der Waals surface area (Å²) in [5, 5.41) is 13.5. The van der Waals surface area contributed by atoms with E-state index in [-0.39, 0.29) is 18.4 Å².